The number of hydrogen-bond donors (Lipinski definition) is 1. The Labute approximate surface area is 159 Å². The van der Waals surface area contributed by atoms with Crippen molar-refractivity contribution < 1.29 is 0 Å². The Morgan fingerprint density at radius 1 is 0.885 bits per heavy atom. The van der Waals surface area contributed by atoms with Gasteiger partial charge >= 0.3 is 0 Å². The lowest BCUT2D eigenvalue weighted by atomic mass is 9.85. The second kappa shape index (κ2) is 6.18. The maximum atomic E-state index is 4.76. The van der Waals surface area contributed by atoms with Gasteiger partial charge in [0.1, 0.15) is 6.04 Å². The second-order valence-corrected chi connectivity index (χ2v) is 7.34. The third-order valence-electron chi connectivity index (χ3n) is 4.87. The number of nitrogens with zero attached hydrogens (tertiary/aromatic N) is 3. The first-order valence-electron chi connectivity index (χ1n) is 8.49. The van der Waals surface area contributed by atoms with Gasteiger partial charge in [-0.05, 0) is 40.1 Å². The molecule has 4 nitrogen and oxygen atoms in total. The highest BCUT2D eigenvalue weighted by Crippen LogP contribution is 2.37. The fraction of sp³-hybridized carbons (Fsp3) is 0.0952. The first-order valence-corrected chi connectivity index (χ1v) is 9.29. The number of amidine groups is 1. The molecule has 0 bridgehead atoms. The zero-order chi connectivity index (χ0) is 17.5. The van der Waals surface area contributed by atoms with Crippen LogP contribution in [-0.4, -0.2) is 11.9 Å². The van der Waals surface area contributed by atoms with Crippen molar-refractivity contribution >= 4 is 38.2 Å². The van der Waals surface area contributed by atoms with Crippen molar-refractivity contribution in [2.24, 2.45) is 15.3 Å². The molecule has 0 aromatic heterocycles. The molecule has 2 heterocycles. The fourth-order valence-corrected chi connectivity index (χ4v) is 3.87. The highest BCUT2D eigenvalue weighted by atomic mass is 79.9. The molecule has 0 saturated heterocycles. The predicted molar refractivity (Wildman–Crippen MR) is 108 cm³/mol. The highest BCUT2D eigenvalue weighted by molar-refractivity contribution is 9.10. The van der Waals surface area contributed by atoms with E-state index in [2.05, 4.69) is 92.4 Å². The van der Waals surface area contributed by atoms with Crippen LogP contribution in [0.5, 0.6) is 0 Å². The van der Waals surface area contributed by atoms with Crippen molar-refractivity contribution in [3.63, 3.8) is 0 Å². The van der Waals surface area contributed by atoms with Crippen molar-refractivity contribution in [3.8, 4) is 0 Å². The Kier molecular flexibility index (Phi) is 3.68. The molecule has 0 spiro atoms. The maximum Gasteiger partial charge on any atom is 0.152 e. The maximum absolute atomic E-state index is 4.76. The van der Waals surface area contributed by atoms with E-state index in [1.165, 1.54) is 16.3 Å². The standard InChI is InChI=1S/C21H15BrN4/c22-15-10-8-14(9-11-15)19-12-18(20-21(23-19)25-26-24-20)17-7-3-5-13-4-1-2-6-16(13)17/h1-12,18,20H,(H,23,24,25)/t18-,20+/m0/s1. The summed E-state index contributed by atoms with van der Waals surface area (Å²) in [5, 5.41) is 10.9. The molecular weight excluding hydrogens is 388 g/mol. The lowest BCUT2D eigenvalue weighted by Crippen LogP contribution is -2.31. The van der Waals surface area contributed by atoms with E-state index in [1.54, 1.807) is 0 Å². The van der Waals surface area contributed by atoms with Crippen molar-refractivity contribution in [3.05, 3.63) is 88.4 Å². The lowest BCUT2D eigenvalue weighted by Gasteiger charge is -2.24. The molecule has 126 valence electrons. The van der Waals surface area contributed by atoms with Gasteiger partial charge in [0, 0.05) is 10.4 Å². The van der Waals surface area contributed by atoms with Gasteiger partial charge < -0.3 is 0 Å². The largest absolute Gasteiger partial charge is 0.244 e. The molecule has 3 aromatic rings. The van der Waals surface area contributed by atoms with Crippen molar-refractivity contribution in [1.82, 2.24) is 5.43 Å². The van der Waals surface area contributed by atoms with Crippen molar-refractivity contribution in [1.29, 1.82) is 0 Å². The molecule has 0 unspecified atom stereocenters. The molecule has 2 atom stereocenters. The monoisotopic (exact) mass is 402 g/mol. The van der Waals surface area contributed by atoms with Gasteiger partial charge in [-0.25, -0.2) is 10.4 Å². The van der Waals surface area contributed by atoms with Crippen molar-refractivity contribution in [2.45, 2.75) is 12.0 Å². The number of hydrogen-bond acceptors (Lipinski definition) is 4. The fourth-order valence-electron chi connectivity index (χ4n) is 3.61. The van der Waals surface area contributed by atoms with E-state index in [9.17, 15) is 0 Å². The molecule has 0 aliphatic carbocycles. The van der Waals surface area contributed by atoms with Crippen LogP contribution in [0.15, 0.2) is 92.6 Å². The molecule has 0 radical (unpaired) electrons. The molecule has 5 heteroatoms. The smallest absolute Gasteiger partial charge is 0.152 e. The molecule has 2 aliphatic rings. The lowest BCUT2D eigenvalue weighted by molar-refractivity contribution is 0.741. The molecule has 0 saturated carbocycles. The number of benzene rings is 3. The number of aliphatic imine (C=N–C) groups is 1. The van der Waals surface area contributed by atoms with E-state index in [0.29, 0.717) is 0 Å². The summed E-state index contributed by atoms with van der Waals surface area (Å²) in [6.45, 7) is 0. The van der Waals surface area contributed by atoms with Gasteiger partial charge in [-0.15, -0.1) is 0 Å². The quantitative estimate of drug-likeness (QED) is 0.606. The molecule has 5 rings (SSSR count). The van der Waals surface area contributed by atoms with Gasteiger partial charge in [0.05, 0.1) is 5.70 Å². The van der Waals surface area contributed by atoms with Gasteiger partial charge in [-0.3, -0.25) is 0 Å². The third kappa shape index (κ3) is 2.56. The minimum Gasteiger partial charge on any atom is -0.244 e. The SMILES string of the molecule is Brc1ccc(C2=C[C@@H](c3cccc4ccccc34)[C@H]3N=NNC3=N2)cc1. The van der Waals surface area contributed by atoms with Crippen molar-refractivity contribution in [2.75, 3.05) is 0 Å². The Morgan fingerprint density at radius 3 is 2.58 bits per heavy atom. The summed E-state index contributed by atoms with van der Waals surface area (Å²) in [4.78, 5) is 4.76. The first-order chi connectivity index (χ1) is 12.8. The van der Waals surface area contributed by atoms with Crippen LogP contribution in [-0.2, 0) is 0 Å². The molecular formula is C21H15BrN4. The normalized spacial score (nSPS) is 21.1. The van der Waals surface area contributed by atoms with Crippen LogP contribution >= 0.6 is 15.9 Å². The predicted octanol–water partition coefficient (Wildman–Crippen LogP) is 5.48. The van der Waals surface area contributed by atoms with Gasteiger partial charge in [0.2, 0.25) is 0 Å². The molecule has 3 aromatic carbocycles. The first kappa shape index (κ1) is 15.5. The summed E-state index contributed by atoms with van der Waals surface area (Å²) in [7, 11) is 0. The third-order valence-corrected chi connectivity index (χ3v) is 5.40. The van der Waals surface area contributed by atoms with Crippen LogP contribution in [0.2, 0.25) is 0 Å². The van der Waals surface area contributed by atoms with Gasteiger partial charge in [0.25, 0.3) is 0 Å². The minimum atomic E-state index is -0.0972. The average molecular weight is 403 g/mol. The number of fused-ring (bicyclic) bond motifs is 2. The summed E-state index contributed by atoms with van der Waals surface area (Å²) in [6.07, 6.45) is 2.21. The van der Waals surface area contributed by atoms with E-state index >= 15 is 0 Å². The zero-order valence-corrected chi connectivity index (χ0v) is 15.4. The number of halogens is 1. The minimum absolute atomic E-state index is 0.0889. The molecule has 1 N–H and O–H groups in total. The van der Waals surface area contributed by atoms with Crippen LogP contribution in [0.25, 0.3) is 16.5 Å². The Morgan fingerprint density at radius 2 is 1.69 bits per heavy atom. The van der Waals surface area contributed by atoms with Crippen LogP contribution < -0.4 is 5.43 Å². The summed E-state index contributed by atoms with van der Waals surface area (Å²) in [6, 6.07) is 23.0. The summed E-state index contributed by atoms with van der Waals surface area (Å²) in [5.41, 5.74) is 6.25. The average Bonchev–Trinajstić information content (AvgIpc) is 3.16. The van der Waals surface area contributed by atoms with Gasteiger partial charge in [-0.1, -0.05) is 75.8 Å². The molecule has 2 aliphatic heterocycles. The Balaban J connectivity index is 1.67. The topological polar surface area (TPSA) is 49.1 Å². The second-order valence-electron chi connectivity index (χ2n) is 6.42. The Bertz CT molecular complexity index is 1080. The Hall–Kier alpha value is -2.79. The van der Waals surface area contributed by atoms with E-state index in [-0.39, 0.29) is 12.0 Å². The molecule has 0 fully saturated rings. The van der Waals surface area contributed by atoms with E-state index in [1.807, 2.05) is 12.1 Å². The van der Waals surface area contributed by atoms with Crippen LogP contribution in [0, 0.1) is 0 Å². The van der Waals surface area contributed by atoms with Crippen LogP contribution in [0.1, 0.15) is 17.0 Å². The summed E-state index contributed by atoms with van der Waals surface area (Å²) < 4.78 is 1.05. The highest BCUT2D eigenvalue weighted by Gasteiger charge is 2.34. The van der Waals surface area contributed by atoms with Gasteiger partial charge in [0.15, 0.2) is 5.84 Å². The van der Waals surface area contributed by atoms with Gasteiger partial charge in [-0.2, -0.15) is 5.11 Å². The van der Waals surface area contributed by atoms with E-state index in [4.69, 9.17) is 4.99 Å². The van der Waals surface area contributed by atoms with E-state index in [0.717, 1.165) is 21.6 Å². The summed E-state index contributed by atoms with van der Waals surface area (Å²) >= 11 is 3.49. The summed E-state index contributed by atoms with van der Waals surface area (Å²) in [5.74, 6) is 0.898. The number of rotatable bonds is 2. The van der Waals surface area contributed by atoms with E-state index < -0.39 is 0 Å². The molecule has 26 heavy (non-hydrogen) atoms. The zero-order valence-electron chi connectivity index (χ0n) is 13.8. The molecule has 0 amide bonds. The van der Waals surface area contributed by atoms with Crippen LogP contribution in [0.4, 0.5) is 0 Å². The number of nitrogens with one attached hydrogen (secondary N) is 1. The van der Waals surface area contributed by atoms with Crippen LogP contribution in [0.3, 0.4) is 0 Å².